The number of nitrogens with one attached hydrogen (secondary N) is 1. The molecule has 0 aromatic carbocycles. The van der Waals surface area contributed by atoms with Gasteiger partial charge < -0.3 is 15.5 Å². The summed E-state index contributed by atoms with van der Waals surface area (Å²) in [5.41, 5.74) is 6.48. The summed E-state index contributed by atoms with van der Waals surface area (Å²) >= 11 is 0. The number of nitrogens with two attached hydrogens (primary N) is 1. The van der Waals surface area contributed by atoms with Crippen LogP contribution < -0.4 is 11.1 Å². The second-order valence-corrected chi connectivity index (χ2v) is 2.87. The molecule has 2 aromatic rings. The summed E-state index contributed by atoms with van der Waals surface area (Å²) in [6, 6.07) is 7.47. The molecule has 0 bridgehead atoms. The summed E-state index contributed by atoms with van der Waals surface area (Å²) in [4.78, 5) is 3.96. The first kappa shape index (κ1) is 8.62. The summed E-state index contributed by atoms with van der Waals surface area (Å²) in [5, 5.41) is 3.13. The fourth-order valence-corrected chi connectivity index (χ4v) is 1.16. The van der Waals surface area contributed by atoms with Crippen molar-refractivity contribution >= 4 is 11.5 Å². The second kappa shape index (κ2) is 3.83. The van der Waals surface area contributed by atoms with Crippen molar-refractivity contribution < 1.29 is 4.42 Å². The number of furan rings is 1. The van der Waals surface area contributed by atoms with Crippen LogP contribution in [0.15, 0.2) is 41.1 Å². The Hall–Kier alpha value is -1.97. The van der Waals surface area contributed by atoms with Crippen LogP contribution in [0.2, 0.25) is 0 Å². The number of rotatable bonds is 3. The van der Waals surface area contributed by atoms with Crippen molar-refractivity contribution in [1.29, 1.82) is 0 Å². The Balaban J connectivity index is 2.02. The molecule has 0 saturated carbocycles. The Morgan fingerprint density at radius 3 is 3.00 bits per heavy atom. The van der Waals surface area contributed by atoms with Crippen LogP contribution >= 0.6 is 0 Å². The van der Waals surface area contributed by atoms with Crippen molar-refractivity contribution in [1.82, 2.24) is 4.98 Å². The van der Waals surface area contributed by atoms with Crippen LogP contribution in [0.3, 0.4) is 0 Å². The molecule has 2 aromatic heterocycles. The minimum atomic E-state index is 0.499. The fourth-order valence-electron chi connectivity index (χ4n) is 1.16. The van der Waals surface area contributed by atoms with Gasteiger partial charge in [-0.3, -0.25) is 0 Å². The van der Waals surface area contributed by atoms with E-state index < -0.39 is 0 Å². The van der Waals surface area contributed by atoms with Gasteiger partial charge in [-0.1, -0.05) is 0 Å². The molecule has 3 N–H and O–H groups in total. The van der Waals surface area contributed by atoms with Crippen molar-refractivity contribution in [3.63, 3.8) is 0 Å². The molecule has 0 radical (unpaired) electrons. The van der Waals surface area contributed by atoms with E-state index in [9.17, 15) is 0 Å². The molecule has 0 spiro atoms. The fraction of sp³-hybridized carbons (Fsp3) is 0.100. The Morgan fingerprint density at radius 1 is 1.36 bits per heavy atom. The Morgan fingerprint density at radius 2 is 2.29 bits per heavy atom. The van der Waals surface area contributed by atoms with E-state index >= 15 is 0 Å². The molecule has 4 heteroatoms. The molecule has 0 fully saturated rings. The lowest BCUT2D eigenvalue weighted by Crippen LogP contribution is -2.02. The van der Waals surface area contributed by atoms with Gasteiger partial charge in [0.05, 0.1) is 18.5 Å². The summed E-state index contributed by atoms with van der Waals surface area (Å²) in [7, 11) is 0. The Kier molecular flexibility index (Phi) is 2.36. The zero-order valence-corrected chi connectivity index (χ0v) is 7.60. The van der Waals surface area contributed by atoms with Crippen LogP contribution in [0.4, 0.5) is 11.5 Å². The van der Waals surface area contributed by atoms with E-state index in [0.29, 0.717) is 12.4 Å². The van der Waals surface area contributed by atoms with E-state index in [2.05, 4.69) is 10.3 Å². The smallest absolute Gasteiger partial charge is 0.146 e. The van der Waals surface area contributed by atoms with Crippen molar-refractivity contribution in [3.8, 4) is 0 Å². The van der Waals surface area contributed by atoms with Gasteiger partial charge in [-0.05, 0) is 24.3 Å². The highest BCUT2D eigenvalue weighted by Crippen LogP contribution is 2.14. The van der Waals surface area contributed by atoms with Crippen molar-refractivity contribution in [2.24, 2.45) is 0 Å². The molecule has 0 aliphatic carbocycles. The molecule has 0 amide bonds. The third kappa shape index (κ3) is 1.85. The molecule has 2 heterocycles. The van der Waals surface area contributed by atoms with E-state index in [1.807, 2.05) is 24.3 Å². The highest BCUT2D eigenvalue weighted by Gasteiger charge is 1.99. The van der Waals surface area contributed by atoms with Gasteiger partial charge in [0.1, 0.15) is 11.6 Å². The molecular weight excluding hydrogens is 178 g/mol. The third-order valence-electron chi connectivity index (χ3n) is 1.87. The molecule has 2 rings (SSSR count). The third-order valence-corrected chi connectivity index (χ3v) is 1.87. The maximum Gasteiger partial charge on any atom is 0.146 e. The lowest BCUT2D eigenvalue weighted by Gasteiger charge is -2.05. The standard InChI is InChI=1S/C10H11N3O/c11-10-9(4-1-5-12-10)13-7-8-3-2-6-14-8/h1-6,13H,7H2,(H2,11,12). The Bertz CT molecular complexity index is 398. The largest absolute Gasteiger partial charge is 0.467 e. The van der Waals surface area contributed by atoms with Gasteiger partial charge in [0, 0.05) is 6.20 Å². The van der Waals surface area contributed by atoms with Gasteiger partial charge in [0.15, 0.2) is 0 Å². The molecule has 14 heavy (non-hydrogen) atoms. The summed E-state index contributed by atoms with van der Waals surface area (Å²) in [6.07, 6.45) is 3.30. The predicted octanol–water partition coefficient (Wildman–Crippen LogP) is 1.87. The number of nitrogens with zero attached hydrogens (tertiary/aromatic N) is 1. The lowest BCUT2D eigenvalue weighted by molar-refractivity contribution is 0.518. The number of pyridine rings is 1. The van der Waals surface area contributed by atoms with E-state index in [-0.39, 0.29) is 0 Å². The van der Waals surface area contributed by atoms with Gasteiger partial charge >= 0.3 is 0 Å². The number of nitrogen functional groups attached to an aromatic ring is 1. The first-order chi connectivity index (χ1) is 6.86. The topological polar surface area (TPSA) is 64.1 Å². The highest BCUT2D eigenvalue weighted by atomic mass is 16.3. The van der Waals surface area contributed by atoms with Gasteiger partial charge in [0.2, 0.25) is 0 Å². The van der Waals surface area contributed by atoms with E-state index in [1.165, 1.54) is 0 Å². The van der Waals surface area contributed by atoms with E-state index in [4.69, 9.17) is 10.2 Å². The van der Waals surface area contributed by atoms with Crippen molar-refractivity contribution in [3.05, 3.63) is 42.5 Å². The average Bonchev–Trinajstić information content (AvgIpc) is 2.69. The van der Waals surface area contributed by atoms with Crippen LogP contribution in [-0.2, 0) is 6.54 Å². The zero-order valence-electron chi connectivity index (χ0n) is 7.60. The SMILES string of the molecule is Nc1ncccc1NCc1ccco1. The van der Waals surface area contributed by atoms with Gasteiger partial charge in [-0.15, -0.1) is 0 Å². The van der Waals surface area contributed by atoms with Gasteiger partial charge in [-0.2, -0.15) is 0 Å². The normalized spacial score (nSPS) is 10.0. The molecule has 0 aliphatic heterocycles. The highest BCUT2D eigenvalue weighted by molar-refractivity contribution is 5.60. The number of aromatic nitrogens is 1. The summed E-state index contributed by atoms with van der Waals surface area (Å²) in [6.45, 7) is 0.614. The Labute approximate surface area is 81.8 Å². The van der Waals surface area contributed by atoms with E-state index in [1.54, 1.807) is 12.5 Å². The van der Waals surface area contributed by atoms with Gasteiger partial charge in [0.25, 0.3) is 0 Å². The molecule has 0 unspecified atom stereocenters. The first-order valence-electron chi connectivity index (χ1n) is 4.33. The van der Waals surface area contributed by atoms with Crippen LogP contribution in [0, 0.1) is 0 Å². The lowest BCUT2D eigenvalue weighted by atomic mass is 10.3. The first-order valence-corrected chi connectivity index (χ1v) is 4.33. The number of hydrogen-bond acceptors (Lipinski definition) is 4. The molecule has 0 aliphatic rings. The molecule has 0 saturated heterocycles. The van der Waals surface area contributed by atoms with Crippen molar-refractivity contribution in [2.45, 2.75) is 6.54 Å². The molecular formula is C10H11N3O. The minimum absolute atomic E-state index is 0.499. The minimum Gasteiger partial charge on any atom is -0.467 e. The van der Waals surface area contributed by atoms with Crippen LogP contribution in [0.1, 0.15) is 5.76 Å². The maximum atomic E-state index is 5.66. The van der Waals surface area contributed by atoms with Crippen LogP contribution in [-0.4, -0.2) is 4.98 Å². The second-order valence-electron chi connectivity index (χ2n) is 2.87. The zero-order chi connectivity index (χ0) is 9.80. The number of hydrogen-bond donors (Lipinski definition) is 2. The monoisotopic (exact) mass is 189 g/mol. The maximum absolute atomic E-state index is 5.66. The molecule has 0 atom stereocenters. The average molecular weight is 189 g/mol. The molecule has 4 nitrogen and oxygen atoms in total. The van der Waals surface area contributed by atoms with Crippen molar-refractivity contribution in [2.75, 3.05) is 11.1 Å². The molecule has 72 valence electrons. The van der Waals surface area contributed by atoms with Crippen LogP contribution in [0.5, 0.6) is 0 Å². The number of anilines is 2. The van der Waals surface area contributed by atoms with E-state index in [0.717, 1.165) is 11.4 Å². The predicted molar refractivity (Wildman–Crippen MR) is 54.7 cm³/mol. The quantitative estimate of drug-likeness (QED) is 0.773. The van der Waals surface area contributed by atoms with Crippen LogP contribution in [0.25, 0.3) is 0 Å². The summed E-state index contributed by atoms with van der Waals surface area (Å²) < 4.78 is 5.17. The van der Waals surface area contributed by atoms with Gasteiger partial charge in [-0.25, -0.2) is 4.98 Å². The summed E-state index contributed by atoms with van der Waals surface area (Å²) in [5.74, 6) is 1.37.